The van der Waals surface area contributed by atoms with Gasteiger partial charge in [-0.25, -0.2) is 0 Å². The number of para-hydroxylation sites is 2. The summed E-state index contributed by atoms with van der Waals surface area (Å²) in [6.07, 6.45) is 6.22. The summed E-state index contributed by atoms with van der Waals surface area (Å²) in [5.41, 5.74) is 1.62. The van der Waals surface area contributed by atoms with Crippen molar-refractivity contribution in [3.05, 3.63) is 60.7 Å². The monoisotopic (exact) mass is 366 g/mol. The number of unbranched alkanes of at least 4 members (excludes halogenated alkanes) is 4. The van der Waals surface area contributed by atoms with E-state index in [2.05, 4.69) is 12.2 Å². The summed E-state index contributed by atoms with van der Waals surface area (Å²) in [7, 11) is 0. The number of anilines is 2. The zero-order valence-corrected chi connectivity index (χ0v) is 16.2. The van der Waals surface area contributed by atoms with Crippen LogP contribution in [0.25, 0.3) is 0 Å². The van der Waals surface area contributed by atoms with Crippen molar-refractivity contribution in [3.8, 4) is 0 Å². The summed E-state index contributed by atoms with van der Waals surface area (Å²) in [6.45, 7) is 2.88. The molecule has 0 spiro atoms. The minimum atomic E-state index is -0.0782. The number of hydrogen-bond acceptors (Lipinski definition) is 2. The zero-order valence-electron chi connectivity index (χ0n) is 16.2. The van der Waals surface area contributed by atoms with Gasteiger partial charge in [0.25, 0.3) is 0 Å². The highest BCUT2D eigenvalue weighted by atomic mass is 16.2. The molecule has 0 radical (unpaired) electrons. The fourth-order valence-corrected chi connectivity index (χ4v) is 2.97. The molecule has 0 saturated carbocycles. The van der Waals surface area contributed by atoms with Gasteiger partial charge in [0.1, 0.15) is 0 Å². The molecule has 0 fully saturated rings. The van der Waals surface area contributed by atoms with Gasteiger partial charge in [-0.3, -0.25) is 14.5 Å². The number of nitrogens with one attached hydrogen (secondary N) is 1. The molecule has 144 valence electrons. The highest BCUT2D eigenvalue weighted by Crippen LogP contribution is 2.26. The van der Waals surface area contributed by atoms with Gasteiger partial charge in [-0.15, -0.1) is 0 Å². The van der Waals surface area contributed by atoms with E-state index < -0.39 is 0 Å². The lowest BCUT2D eigenvalue weighted by atomic mass is 10.1. The normalized spacial score (nSPS) is 10.4. The van der Waals surface area contributed by atoms with Gasteiger partial charge in [0.05, 0.1) is 0 Å². The smallest absolute Gasteiger partial charge is 0.232 e. The number of hydrogen-bond donors (Lipinski definition) is 1. The molecule has 0 unspecified atom stereocenters. The maximum atomic E-state index is 12.8. The van der Waals surface area contributed by atoms with Crippen molar-refractivity contribution in [2.45, 2.75) is 51.9 Å². The zero-order chi connectivity index (χ0) is 19.3. The Hall–Kier alpha value is -2.62. The molecule has 0 aliphatic rings. The fourth-order valence-electron chi connectivity index (χ4n) is 2.97. The molecule has 0 bridgehead atoms. The summed E-state index contributed by atoms with van der Waals surface area (Å²) in [6, 6.07) is 19.1. The SMILES string of the molecule is CCCCCCCNC(=O)CCC(=O)N(c1ccccc1)c1ccccc1. The topological polar surface area (TPSA) is 49.4 Å². The molecule has 2 rings (SSSR count). The Balaban J connectivity index is 1.86. The van der Waals surface area contributed by atoms with Crippen molar-refractivity contribution < 1.29 is 9.59 Å². The van der Waals surface area contributed by atoms with Gasteiger partial charge in [0.15, 0.2) is 0 Å². The second-order valence-corrected chi connectivity index (χ2v) is 6.66. The second kappa shape index (κ2) is 11.9. The predicted molar refractivity (Wildman–Crippen MR) is 111 cm³/mol. The molecular weight excluding hydrogens is 336 g/mol. The van der Waals surface area contributed by atoms with Crippen molar-refractivity contribution in [1.82, 2.24) is 5.32 Å². The largest absolute Gasteiger partial charge is 0.356 e. The minimum absolute atomic E-state index is 0.0556. The minimum Gasteiger partial charge on any atom is -0.356 e. The van der Waals surface area contributed by atoms with Crippen LogP contribution in [0.2, 0.25) is 0 Å². The first-order valence-corrected chi connectivity index (χ1v) is 9.92. The summed E-state index contributed by atoms with van der Waals surface area (Å²) < 4.78 is 0. The molecule has 27 heavy (non-hydrogen) atoms. The van der Waals surface area contributed by atoms with Crippen LogP contribution >= 0.6 is 0 Å². The van der Waals surface area contributed by atoms with E-state index in [0.717, 1.165) is 24.2 Å². The highest BCUT2D eigenvalue weighted by molar-refractivity contribution is 6.01. The third-order valence-corrected chi connectivity index (χ3v) is 4.45. The Morgan fingerprint density at radius 3 is 1.89 bits per heavy atom. The maximum absolute atomic E-state index is 12.8. The van der Waals surface area contributed by atoms with Crippen molar-refractivity contribution in [1.29, 1.82) is 0 Å². The van der Waals surface area contributed by atoms with E-state index in [9.17, 15) is 9.59 Å². The Bertz CT molecular complexity index is 647. The van der Waals surface area contributed by atoms with Gasteiger partial charge in [-0.05, 0) is 30.7 Å². The Labute approximate surface area is 162 Å². The summed E-state index contributed by atoms with van der Waals surface area (Å²) in [5, 5.41) is 2.92. The first-order valence-electron chi connectivity index (χ1n) is 9.92. The van der Waals surface area contributed by atoms with Crippen LogP contribution in [0.1, 0.15) is 51.9 Å². The lowest BCUT2D eigenvalue weighted by molar-refractivity contribution is -0.124. The number of nitrogens with zero attached hydrogens (tertiary/aromatic N) is 1. The first kappa shape index (κ1) is 20.7. The fraction of sp³-hybridized carbons (Fsp3) is 0.391. The summed E-state index contributed by atoms with van der Waals surface area (Å²) >= 11 is 0. The molecule has 1 N–H and O–H groups in total. The van der Waals surface area contributed by atoms with E-state index in [1.54, 1.807) is 4.90 Å². The first-order chi connectivity index (χ1) is 13.2. The molecule has 4 heteroatoms. The third kappa shape index (κ3) is 7.26. The lowest BCUT2D eigenvalue weighted by Gasteiger charge is -2.23. The number of amides is 2. The molecule has 0 atom stereocenters. The average molecular weight is 367 g/mol. The van der Waals surface area contributed by atoms with Gasteiger partial charge in [0, 0.05) is 30.8 Å². The van der Waals surface area contributed by atoms with Crippen LogP contribution in [-0.2, 0) is 9.59 Å². The van der Waals surface area contributed by atoms with Gasteiger partial charge in [-0.2, -0.15) is 0 Å². The molecule has 2 aromatic carbocycles. The lowest BCUT2D eigenvalue weighted by Crippen LogP contribution is -2.29. The number of rotatable bonds is 11. The van der Waals surface area contributed by atoms with Crippen molar-refractivity contribution in [2.75, 3.05) is 11.4 Å². The number of carbonyl (C=O) groups excluding carboxylic acids is 2. The van der Waals surface area contributed by atoms with Gasteiger partial charge < -0.3 is 5.32 Å². The molecule has 2 aromatic rings. The number of carbonyl (C=O) groups is 2. The van der Waals surface area contributed by atoms with Crippen LogP contribution in [0.4, 0.5) is 11.4 Å². The van der Waals surface area contributed by atoms with Crippen LogP contribution in [0, 0.1) is 0 Å². The van der Waals surface area contributed by atoms with Crippen LogP contribution < -0.4 is 10.2 Å². The quantitative estimate of drug-likeness (QED) is 0.554. The molecule has 0 aliphatic heterocycles. The molecular formula is C23H30N2O2. The van der Waals surface area contributed by atoms with Crippen molar-refractivity contribution in [3.63, 3.8) is 0 Å². The number of benzene rings is 2. The van der Waals surface area contributed by atoms with E-state index in [4.69, 9.17) is 0 Å². The van der Waals surface area contributed by atoms with E-state index in [1.165, 1.54) is 19.3 Å². The van der Waals surface area contributed by atoms with E-state index >= 15 is 0 Å². The standard InChI is InChI=1S/C23H30N2O2/c1-2-3-4-5-12-19-24-22(26)17-18-23(27)25(20-13-8-6-9-14-20)21-15-10-7-11-16-21/h6-11,13-16H,2-5,12,17-19H2,1H3,(H,24,26). The van der Waals surface area contributed by atoms with Gasteiger partial charge in [-0.1, -0.05) is 69.0 Å². The summed E-state index contributed by atoms with van der Waals surface area (Å²) in [4.78, 5) is 26.6. The van der Waals surface area contributed by atoms with Crippen LogP contribution in [0.5, 0.6) is 0 Å². The van der Waals surface area contributed by atoms with Crippen molar-refractivity contribution >= 4 is 23.2 Å². The van der Waals surface area contributed by atoms with E-state index in [-0.39, 0.29) is 24.7 Å². The van der Waals surface area contributed by atoms with Crippen molar-refractivity contribution in [2.24, 2.45) is 0 Å². The molecule has 0 heterocycles. The second-order valence-electron chi connectivity index (χ2n) is 6.66. The van der Waals surface area contributed by atoms with Gasteiger partial charge >= 0.3 is 0 Å². The Kier molecular flexibility index (Phi) is 9.11. The Morgan fingerprint density at radius 1 is 0.778 bits per heavy atom. The van der Waals surface area contributed by atoms with E-state index in [1.807, 2.05) is 60.7 Å². The average Bonchev–Trinajstić information content (AvgIpc) is 2.71. The van der Waals surface area contributed by atoms with Crippen LogP contribution in [-0.4, -0.2) is 18.4 Å². The van der Waals surface area contributed by atoms with Crippen LogP contribution in [0.3, 0.4) is 0 Å². The molecule has 0 aromatic heterocycles. The molecule has 4 nitrogen and oxygen atoms in total. The predicted octanol–water partition coefficient (Wildman–Crippen LogP) is 5.22. The third-order valence-electron chi connectivity index (χ3n) is 4.45. The van der Waals surface area contributed by atoms with E-state index in [0.29, 0.717) is 6.54 Å². The molecule has 2 amide bonds. The highest BCUT2D eigenvalue weighted by Gasteiger charge is 2.18. The Morgan fingerprint density at radius 2 is 1.33 bits per heavy atom. The van der Waals surface area contributed by atoms with Gasteiger partial charge in [0.2, 0.25) is 11.8 Å². The molecule has 0 aliphatic carbocycles. The van der Waals surface area contributed by atoms with Crippen LogP contribution in [0.15, 0.2) is 60.7 Å². The summed E-state index contributed by atoms with van der Waals surface area (Å²) in [5.74, 6) is -0.134. The molecule has 0 saturated heterocycles. The maximum Gasteiger partial charge on any atom is 0.232 e.